The summed E-state index contributed by atoms with van der Waals surface area (Å²) in [5.41, 5.74) is 1.89. The maximum absolute atomic E-state index is 11.4. The van der Waals surface area contributed by atoms with Gasteiger partial charge in [0.2, 0.25) is 0 Å². The molecule has 0 spiro atoms. The summed E-state index contributed by atoms with van der Waals surface area (Å²) in [7, 11) is 1.77. The van der Waals surface area contributed by atoms with Crippen molar-refractivity contribution in [2.24, 2.45) is 7.05 Å². The minimum Gasteiger partial charge on any atom is -0.478 e. The summed E-state index contributed by atoms with van der Waals surface area (Å²) in [5.74, 6) is -1.05. The lowest BCUT2D eigenvalue weighted by molar-refractivity contribution is 0.0696. The molecule has 0 aliphatic rings. The van der Waals surface area contributed by atoms with Crippen LogP contribution in [-0.2, 0) is 7.05 Å². The minimum atomic E-state index is -1.05. The predicted octanol–water partition coefficient (Wildman–Crippen LogP) is 1.92. The van der Waals surface area contributed by atoms with Gasteiger partial charge in [0.05, 0.1) is 27.4 Å². The molecule has 102 valence electrons. The molecule has 1 N–H and O–H groups in total. The van der Waals surface area contributed by atoms with Gasteiger partial charge in [0.1, 0.15) is 5.56 Å². The molecule has 0 unspecified atom stereocenters. The number of pyridine rings is 1. The van der Waals surface area contributed by atoms with Crippen LogP contribution in [0.1, 0.15) is 16.1 Å². The number of halogens is 1. The molecule has 3 heterocycles. The van der Waals surface area contributed by atoms with Crippen LogP contribution in [0, 0.1) is 6.92 Å². The van der Waals surface area contributed by atoms with Gasteiger partial charge in [-0.2, -0.15) is 10.2 Å². The number of aryl methyl sites for hydroxylation is 2. The lowest BCUT2D eigenvalue weighted by atomic mass is 10.1. The molecule has 0 saturated heterocycles. The molecule has 3 aromatic heterocycles. The molecule has 0 aliphatic heterocycles. The Morgan fingerprint density at radius 3 is 2.75 bits per heavy atom. The number of rotatable bonds is 2. The Labute approximate surface area is 122 Å². The van der Waals surface area contributed by atoms with Gasteiger partial charge in [-0.3, -0.25) is 4.68 Å². The van der Waals surface area contributed by atoms with Crippen molar-refractivity contribution in [2.75, 3.05) is 0 Å². The second-order valence-corrected chi connectivity index (χ2v) is 5.25. The molecular formula is C12H10BrN5O2. The highest BCUT2D eigenvalue weighted by atomic mass is 79.9. The van der Waals surface area contributed by atoms with E-state index in [1.165, 1.54) is 10.9 Å². The molecule has 8 heteroatoms. The van der Waals surface area contributed by atoms with Gasteiger partial charge in [-0.25, -0.2) is 14.5 Å². The molecule has 3 aromatic rings. The van der Waals surface area contributed by atoms with E-state index >= 15 is 0 Å². The number of aromatic carboxylic acids is 1. The number of aromatic nitrogens is 5. The molecule has 3 rings (SSSR count). The minimum absolute atomic E-state index is 0.0872. The first-order valence-electron chi connectivity index (χ1n) is 5.75. The number of fused-ring (bicyclic) bond motifs is 1. The standard InChI is InChI=1S/C12H10BrN5O2/c1-6-9-10(18-5-7(13)3-15-18)8(12(19)20)4-14-11(9)17(2)16-6/h3-5H,1-2H3,(H,19,20). The SMILES string of the molecule is Cc1nn(C)c2ncc(C(=O)O)c(-n3cc(Br)cn3)c12. The normalized spacial score (nSPS) is 11.2. The van der Waals surface area contributed by atoms with E-state index in [0.717, 1.165) is 4.47 Å². The van der Waals surface area contributed by atoms with E-state index in [-0.39, 0.29) is 5.56 Å². The highest BCUT2D eigenvalue weighted by Crippen LogP contribution is 2.27. The van der Waals surface area contributed by atoms with Gasteiger partial charge >= 0.3 is 5.97 Å². The third-order valence-electron chi connectivity index (χ3n) is 3.01. The molecule has 0 aliphatic carbocycles. The lowest BCUT2D eigenvalue weighted by Gasteiger charge is -2.08. The van der Waals surface area contributed by atoms with Gasteiger partial charge in [0.15, 0.2) is 5.65 Å². The molecule has 0 saturated carbocycles. The summed E-state index contributed by atoms with van der Waals surface area (Å²) in [6, 6.07) is 0. The van der Waals surface area contributed by atoms with Gasteiger partial charge in [0, 0.05) is 19.4 Å². The van der Waals surface area contributed by atoms with Crippen LogP contribution in [-0.4, -0.2) is 35.6 Å². The monoisotopic (exact) mass is 335 g/mol. The second-order valence-electron chi connectivity index (χ2n) is 4.34. The van der Waals surface area contributed by atoms with Gasteiger partial charge < -0.3 is 5.11 Å². The molecule has 0 amide bonds. The summed E-state index contributed by atoms with van der Waals surface area (Å²) in [6.07, 6.45) is 4.63. The summed E-state index contributed by atoms with van der Waals surface area (Å²) in [4.78, 5) is 15.6. The van der Waals surface area contributed by atoms with E-state index in [4.69, 9.17) is 0 Å². The van der Waals surface area contributed by atoms with E-state index < -0.39 is 5.97 Å². The van der Waals surface area contributed by atoms with Gasteiger partial charge in [-0.1, -0.05) is 0 Å². The van der Waals surface area contributed by atoms with Crippen LogP contribution in [0.15, 0.2) is 23.1 Å². The zero-order chi connectivity index (χ0) is 14.4. The molecular weight excluding hydrogens is 326 g/mol. The first-order chi connectivity index (χ1) is 9.49. The highest BCUT2D eigenvalue weighted by Gasteiger charge is 2.21. The van der Waals surface area contributed by atoms with Crippen molar-refractivity contribution in [3.8, 4) is 5.69 Å². The quantitative estimate of drug-likeness (QED) is 0.773. The molecule has 0 radical (unpaired) electrons. The summed E-state index contributed by atoms with van der Waals surface area (Å²) < 4.78 is 3.91. The molecule has 0 aromatic carbocycles. The van der Waals surface area contributed by atoms with Crippen LogP contribution < -0.4 is 0 Å². The maximum atomic E-state index is 11.4. The Bertz CT molecular complexity index is 836. The van der Waals surface area contributed by atoms with Crippen LogP contribution in [0.2, 0.25) is 0 Å². The Morgan fingerprint density at radius 2 is 2.15 bits per heavy atom. The average molecular weight is 336 g/mol. The molecule has 7 nitrogen and oxygen atoms in total. The van der Waals surface area contributed by atoms with Gasteiger partial charge in [-0.15, -0.1) is 0 Å². The smallest absolute Gasteiger partial charge is 0.339 e. The van der Waals surface area contributed by atoms with Crippen LogP contribution in [0.5, 0.6) is 0 Å². The Kier molecular flexibility index (Phi) is 2.82. The van der Waals surface area contributed by atoms with E-state index in [2.05, 4.69) is 31.1 Å². The van der Waals surface area contributed by atoms with Crippen molar-refractivity contribution in [3.63, 3.8) is 0 Å². The van der Waals surface area contributed by atoms with Crippen molar-refractivity contribution in [3.05, 3.63) is 34.3 Å². The zero-order valence-electron chi connectivity index (χ0n) is 10.7. The van der Waals surface area contributed by atoms with Gasteiger partial charge in [0.25, 0.3) is 0 Å². The number of hydrogen-bond acceptors (Lipinski definition) is 4. The zero-order valence-corrected chi connectivity index (χ0v) is 12.3. The van der Waals surface area contributed by atoms with Crippen molar-refractivity contribution in [1.82, 2.24) is 24.5 Å². The maximum Gasteiger partial charge on any atom is 0.339 e. The largest absolute Gasteiger partial charge is 0.478 e. The second kappa shape index (κ2) is 4.41. The van der Waals surface area contributed by atoms with E-state index in [0.29, 0.717) is 22.4 Å². The van der Waals surface area contributed by atoms with E-state index in [1.54, 1.807) is 24.1 Å². The molecule has 20 heavy (non-hydrogen) atoms. The third kappa shape index (κ3) is 1.80. The first-order valence-corrected chi connectivity index (χ1v) is 6.54. The molecule has 0 fully saturated rings. The lowest BCUT2D eigenvalue weighted by Crippen LogP contribution is -2.08. The fourth-order valence-corrected chi connectivity index (χ4v) is 2.50. The number of nitrogens with zero attached hydrogens (tertiary/aromatic N) is 5. The third-order valence-corrected chi connectivity index (χ3v) is 3.42. The van der Waals surface area contributed by atoms with Crippen molar-refractivity contribution < 1.29 is 9.90 Å². The molecule has 0 atom stereocenters. The van der Waals surface area contributed by atoms with Crippen molar-refractivity contribution in [2.45, 2.75) is 6.92 Å². The number of carbonyl (C=O) groups is 1. The number of carboxylic acid groups (broad SMARTS) is 1. The van der Waals surface area contributed by atoms with Crippen molar-refractivity contribution in [1.29, 1.82) is 0 Å². The number of hydrogen-bond donors (Lipinski definition) is 1. The fraction of sp³-hybridized carbons (Fsp3) is 0.167. The van der Waals surface area contributed by atoms with Gasteiger partial charge in [-0.05, 0) is 22.9 Å². The fourth-order valence-electron chi connectivity index (χ4n) is 2.21. The summed E-state index contributed by atoms with van der Waals surface area (Å²) >= 11 is 3.31. The highest BCUT2D eigenvalue weighted by molar-refractivity contribution is 9.10. The average Bonchev–Trinajstić information content (AvgIpc) is 2.93. The Morgan fingerprint density at radius 1 is 1.40 bits per heavy atom. The summed E-state index contributed by atoms with van der Waals surface area (Å²) in [6.45, 7) is 1.82. The van der Waals surface area contributed by atoms with E-state index in [1.807, 2.05) is 6.92 Å². The van der Waals surface area contributed by atoms with E-state index in [9.17, 15) is 9.90 Å². The van der Waals surface area contributed by atoms with Crippen molar-refractivity contribution >= 4 is 32.9 Å². The molecule has 0 bridgehead atoms. The van der Waals surface area contributed by atoms with Crippen LogP contribution in [0.4, 0.5) is 0 Å². The predicted molar refractivity (Wildman–Crippen MR) is 75.0 cm³/mol. The topological polar surface area (TPSA) is 85.8 Å². The summed E-state index contributed by atoms with van der Waals surface area (Å²) in [5, 5.41) is 18.5. The first kappa shape index (κ1) is 12.8. The Hall–Kier alpha value is -2.22. The van der Waals surface area contributed by atoms with Crippen LogP contribution in [0.3, 0.4) is 0 Å². The van der Waals surface area contributed by atoms with Crippen LogP contribution in [0.25, 0.3) is 16.7 Å². The Balaban J connectivity index is 2.47. The number of carboxylic acids is 1. The van der Waals surface area contributed by atoms with Crippen LogP contribution >= 0.6 is 15.9 Å².